The van der Waals surface area contributed by atoms with Crippen LogP contribution in [0.3, 0.4) is 0 Å². The lowest BCUT2D eigenvalue weighted by molar-refractivity contribution is -0.148. The van der Waals surface area contributed by atoms with Crippen molar-refractivity contribution in [3.05, 3.63) is 136 Å². The van der Waals surface area contributed by atoms with Crippen LogP contribution < -0.4 is 4.74 Å². The Kier molecular flexibility index (Phi) is 9.86. The van der Waals surface area contributed by atoms with E-state index in [1.54, 1.807) is 0 Å². The van der Waals surface area contributed by atoms with E-state index in [1.165, 1.54) is 40.5 Å². The summed E-state index contributed by atoms with van der Waals surface area (Å²) in [5, 5.41) is 9.23. The summed E-state index contributed by atoms with van der Waals surface area (Å²) in [4.78, 5) is 11.3. The Morgan fingerprint density at radius 3 is 2.33 bits per heavy atom. The first kappa shape index (κ1) is 29.3. The number of methoxy groups -OCH3 is 1. The highest BCUT2D eigenvalue weighted by atomic mass is 16.5. The quantitative estimate of drug-likeness (QED) is 0.173. The molecule has 1 N–H and O–H groups in total. The number of hydrogen-bond acceptors (Lipinski definition) is 4. The number of benzene rings is 4. The van der Waals surface area contributed by atoms with Gasteiger partial charge in [-0.1, -0.05) is 97.9 Å². The molecule has 0 amide bonds. The molecule has 4 aromatic carbocycles. The van der Waals surface area contributed by atoms with Crippen molar-refractivity contribution in [1.29, 1.82) is 0 Å². The van der Waals surface area contributed by atoms with Gasteiger partial charge in [0.1, 0.15) is 18.5 Å². The standard InChI is InChI=1S/C37H38O5/c1-3-26-15-20-33-30(24-26)17-21-32-29(16-12-27-8-5-4-6-9-27)10-7-11-34(32)36(33)42-23-22-41-31-18-13-28(14-19-31)25-35(40-2)37(38)39/h4-11,13-15,17-21,24,35-36H,3,12,16,22-23,25H2,1-2H3,(H,38,39). The maximum Gasteiger partial charge on any atom is 0.333 e. The third-order valence-electron chi connectivity index (χ3n) is 7.85. The Hall–Kier alpha value is -4.19. The van der Waals surface area contributed by atoms with Gasteiger partial charge < -0.3 is 19.3 Å². The van der Waals surface area contributed by atoms with Gasteiger partial charge in [0.25, 0.3) is 0 Å². The minimum Gasteiger partial charge on any atom is -0.491 e. The average Bonchev–Trinajstić information content (AvgIpc) is 3.18. The number of aliphatic carboxylic acids is 1. The predicted octanol–water partition coefficient (Wildman–Crippen LogP) is 7.35. The third-order valence-corrected chi connectivity index (χ3v) is 7.85. The number of ether oxygens (including phenoxy) is 3. The van der Waals surface area contributed by atoms with Gasteiger partial charge in [-0.05, 0) is 75.9 Å². The van der Waals surface area contributed by atoms with Crippen molar-refractivity contribution >= 4 is 18.1 Å². The van der Waals surface area contributed by atoms with E-state index in [9.17, 15) is 9.90 Å². The first-order valence-electron chi connectivity index (χ1n) is 14.6. The van der Waals surface area contributed by atoms with Gasteiger partial charge in [-0.2, -0.15) is 0 Å². The predicted molar refractivity (Wildman–Crippen MR) is 167 cm³/mol. The fourth-order valence-corrected chi connectivity index (χ4v) is 5.49. The molecule has 0 spiro atoms. The van der Waals surface area contributed by atoms with Crippen LogP contribution in [0.2, 0.25) is 0 Å². The zero-order valence-electron chi connectivity index (χ0n) is 24.3. The molecule has 0 aliphatic heterocycles. The highest BCUT2D eigenvalue weighted by Crippen LogP contribution is 2.37. The highest BCUT2D eigenvalue weighted by Gasteiger charge is 2.24. The van der Waals surface area contributed by atoms with Crippen LogP contribution in [0.4, 0.5) is 0 Å². The number of carboxylic acid groups (broad SMARTS) is 1. The zero-order chi connectivity index (χ0) is 29.3. The van der Waals surface area contributed by atoms with Gasteiger partial charge in [0.05, 0.1) is 6.61 Å². The summed E-state index contributed by atoms with van der Waals surface area (Å²) in [6.45, 7) is 2.99. The van der Waals surface area contributed by atoms with E-state index in [4.69, 9.17) is 14.2 Å². The minimum absolute atomic E-state index is 0.208. The maximum absolute atomic E-state index is 11.3. The summed E-state index contributed by atoms with van der Waals surface area (Å²) >= 11 is 0. The van der Waals surface area contributed by atoms with E-state index in [1.807, 2.05) is 24.3 Å². The molecule has 2 atom stereocenters. The topological polar surface area (TPSA) is 65.0 Å². The van der Waals surface area contributed by atoms with E-state index >= 15 is 0 Å². The Morgan fingerprint density at radius 1 is 0.810 bits per heavy atom. The second-order valence-electron chi connectivity index (χ2n) is 10.6. The normalized spacial score (nSPS) is 14.5. The molecule has 5 heteroatoms. The molecule has 0 saturated heterocycles. The monoisotopic (exact) mass is 562 g/mol. The van der Waals surface area contributed by atoms with Crippen LogP contribution in [0.5, 0.6) is 5.75 Å². The van der Waals surface area contributed by atoms with Crippen molar-refractivity contribution in [1.82, 2.24) is 0 Å². The summed E-state index contributed by atoms with van der Waals surface area (Å²) in [5.41, 5.74) is 9.60. The highest BCUT2D eigenvalue weighted by molar-refractivity contribution is 5.78. The number of fused-ring (bicyclic) bond motifs is 2. The third kappa shape index (κ3) is 7.17. The number of carboxylic acids is 1. The Labute approximate surface area is 248 Å². The molecule has 0 radical (unpaired) electrons. The number of aryl methyl sites for hydroxylation is 3. The summed E-state index contributed by atoms with van der Waals surface area (Å²) in [6.07, 6.45) is 6.65. The maximum atomic E-state index is 11.3. The minimum atomic E-state index is -0.971. The van der Waals surface area contributed by atoms with Crippen molar-refractivity contribution in [3.63, 3.8) is 0 Å². The van der Waals surface area contributed by atoms with Gasteiger partial charge in [-0.15, -0.1) is 0 Å². The van der Waals surface area contributed by atoms with Crippen LogP contribution >= 0.6 is 0 Å². The fourth-order valence-electron chi connectivity index (χ4n) is 5.49. The van der Waals surface area contributed by atoms with Crippen molar-refractivity contribution in [3.8, 4) is 5.75 Å². The molecule has 1 aliphatic rings. The number of rotatable bonds is 13. The van der Waals surface area contributed by atoms with E-state index in [0.717, 1.165) is 30.4 Å². The Bertz CT molecular complexity index is 1510. The van der Waals surface area contributed by atoms with Crippen LogP contribution in [-0.2, 0) is 40.0 Å². The molecular formula is C37H38O5. The molecule has 4 aromatic rings. The molecule has 0 bridgehead atoms. The fraction of sp³-hybridized carbons (Fsp3) is 0.270. The lowest BCUT2D eigenvalue weighted by atomic mass is 9.91. The van der Waals surface area contributed by atoms with Crippen molar-refractivity contribution < 1.29 is 24.1 Å². The molecular weight excluding hydrogens is 524 g/mol. The Balaban J connectivity index is 1.30. The smallest absolute Gasteiger partial charge is 0.333 e. The molecule has 1 aliphatic carbocycles. The summed E-state index contributed by atoms with van der Waals surface area (Å²) < 4.78 is 17.6. The molecule has 0 heterocycles. The van der Waals surface area contributed by atoms with Gasteiger partial charge in [-0.3, -0.25) is 0 Å². The van der Waals surface area contributed by atoms with E-state index in [-0.39, 0.29) is 6.10 Å². The lowest BCUT2D eigenvalue weighted by Gasteiger charge is -2.23. The molecule has 0 fully saturated rings. The van der Waals surface area contributed by atoms with Gasteiger partial charge in [0.15, 0.2) is 6.10 Å². The van der Waals surface area contributed by atoms with Crippen LogP contribution in [0.15, 0.2) is 91.0 Å². The molecule has 216 valence electrons. The SMILES string of the molecule is CCc1ccc2c(c1)C=Cc1c(CCc3ccccc3)cccc1C2OCCOc1ccc(CC(OC)C(=O)O)cc1. The molecule has 5 nitrogen and oxygen atoms in total. The van der Waals surface area contributed by atoms with E-state index in [2.05, 4.69) is 85.8 Å². The number of hydrogen-bond donors (Lipinski definition) is 1. The summed E-state index contributed by atoms with van der Waals surface area (Å²) in [5.74, 6) is -0.258. The van der Waals surface area contributed by atoms with Gasteiger partial charge in [-0.25, -0.2) is 4.79 Å². The second kappa shape index (κ2) is 14.1. The van der Waals surface area contributed by atoms with Crippen LogP contribution in [0.1, 0.15) is 57.5 Å². The average molecular weight is 563 g/mol. The van der Waals surface area contributed by atoms with E-state index in [0.29, 0.717) is 25.4 Å². The van der Waals surface area contributed by atoms with Crippen molar-refractivity contribution in [2.24, 2.45) is 0 Å². The molecule has 42 heavy (non-hydrogen) atoms. The first-order chi connectivity index (χ1) is 20.6. The van der Waals surface area contributed by atoms with Gasteiger partial charge in [0, 0.05) is 13.5 Å². The molecule has 2 unspecified atom stereocenters. The van der Waals surface area contributed by atoms with E-state index < -0.39 is 12.1 Å². The van der Waals surface area contributed by atoms with Crippen LogP contribution in [-0.4, -0.2) is 37.5 Å². The van der Waals surface area contributed by atoms with Crippen molar-refractivity contribution in [2.75, 3.05) is 20.3 Å². The largest absolute Gasteiger partial charge is 0.491 e. The van der Waals surface area contributed by atoms with Crippen molar-refractivity contribution in [2.45, 2.75) is 44.8 Å². The summed E-state index contributed by atoms with van der Waals surface area (Å²) in [6, 6.07) is 31.3. The van der Waals surface area contributed by atoms with Gasteiger partial charge >= 0.3 is 5.97 Å². The van der Waals surface area contributed by atoms with Gasteiger partial charge in [0.2, 0.25) is 0 Å². The summed E-state index contributed by atoms with van der Waals surface area (Å²) in [7, 11) is 1.41. The van der Waals surface area contributed by atoms with Crippen LogP contribution in [0, 0.1) is 0 Å². The molecule has 5 rings (SSSR count). The molecule has 0 saturated carbocycles. The second-order valence-corrected chi connectivity index (χ2v) is 10.6. The number of carbonyl (C=O) groups is 1. The first-order valence-corrected chi connectivity index (χ1v) is 14.6. The molecule has 0 aromatic heterocycles. The lowest BCUT2D eigenvalue weighted by Crippen LogP contribution is -2.24. The Morgan fingerprint density at radius 2 is 1.60 bits per heavy atom. The zero-order valence-corrected chi connectivity index (χ0v) is 24.3. The van der Waals surface area contributed by atoms with Crippen LogP contribution in [0.25, 0.3) is 12.2 Å².